The molecule has 1 aliphatic heterocycles. The SMILES string of the molecule is COC[C@]12CCC[C@H]1CN(CCN)C2. The first-order valence-corrected chi connectivity index (χ1v) is 5.72. The predicted octanol–water partition coefficient (Wildman–Crippen LogP) is 0.694. The molecule has 82 valence electrons. The Kier molecular flexibility index (Phi) is 3.10. The quantitative estimate of drug-likeness (QED) is 0.722. The Morgan fingerprint density at radius 2 is 2.43 bits per heavy atom. The first-order chi connectivity index (χ1) is 6.80. The summed E-state index contributed by atoms with van der Waals surface area (Å²) in [5.41, 5.74) is 6.08. The number of hydrogen-bond donors (Lipinski definition) is 1. The van der Waals surface area contributed by atoms with Crippen LogP contribution >= 0.6 is 0 Å². The smallest absolute Gasteiger partial charge is 0.0534 e. The summed E-state index contributed by atoms with van der Waals surface area (Å²) in [4.78, 5) is 2.52. The van der Waals surface area contributed by atoms with Gasteiger partial charge >= 0.3 is 0 Å². The molecule has 0 aromatic carbocycles. The molecule has 0 amide bonds. The molecule has 1 heterocycles. The van der Waals surface area contributed by atoms with Crippen LogP contribution in [0.5, 0.6) is 0 Å². The van der Waals surface area contributed by atoms with Crippen LogP contribution < -0.4 is 5.73 Å². The summed E-state index contributed by atoms with van der Waals surface area (Å²) in [6.45, 7) is 5.25. The zero-order valence-electron chi connectivity index (χ0n) is 9.17. The van der Waals surface area contributed by atoms with Crippen molar-refractivity contribution in [2.24, 2.45) is 17.1 Å². The molecule has 0 aromatic heterocycles. The third kappa shape index (κ3) is 1.69. The van der Waals surface area contributed by atoms with Gasteiger partial charge in [-0.25, -0.2) is 0 Å². The number of rotatable bonds is 4. The van der Waals surface area contributed by atoms with Crippen LogP contribution in [0, 0.1) is 11.3 Å². The highest BCUT2D eigenvalue weighted by atomic mass is 16.5. The Bertz CT molecular complexity index is 198. The molecule has 2 aliphatic rings. The van der Waals surface area contributed by atoms with Gasteiger partial charge in [-0.1, -0.05) is 6.42 Å². The maximum atomic E-state index is 5.60. The molecule has 2 N–H and O–H groups in total. The summed E-state index contributed by atoms with van der Waals surface area (Å²) in [6.07, 6.45) is 4.14. The monoisotopic (exact) mass is 198 g/mol. The molecule has 3 heteroatoms. The third-order valence-electron chi connectivity index (χ3n) is 3.99. The van der Waals surface area contributed by atoms with Gasteiger partial charge in [0, 0.05) is 38.7 Å². The van der Waals surface area contributed by atoms with Crippen LogP contribution in [-0.2, 0) is 4.74 Å². The second-order valence-corrected chi connectivity index (χ2v) is 4.91. The van der Waals surface area contributed by atoms with Gasteiger partial charge in [-0.05, 0) is 18.8 Å². The molecule has 2 rings (SSSR count). The summed E-state index contributed by atoms with van der Waals surface area (Å²) in [6, 6.07) is 0. The summed E-state index contributed by atoms with van der Waals surface area (Å²) in [5.74, 6) is 0.869. The van der Waals surface area contributed by atoms with Crippen molar-refractivity contribution in [2.45, 2.75) is 19.3 Å². The molecule has 0 bridgehead atoms. The lowest BCUT2D eigenvalue weighted by atomic mass is 9.82. The van der Waals surface area contributed by atoms with Crippen molar-refractivity contribution in [3.8, 4) is 0 Å². The van der Waals surface area contributed by atoms with E-state index >= 15 is 0 Å². The first kappa shape index (κ1) is 10.4. The number of fused-ring (bicyclic) bond motifs is 1. The van der Waals surface area contributed by atoms with E-state index in [4.69, 9.17) is 10.5 Å². The highest BCUT2D eigenvalue weighted by Crippen LogP contribution is 2.48. The minimum Gasteiger partial charge on any atom is -0.384 e. The van der Waals surface area contributed by atoms with Gasteiger partial charge in [0.2, 0.25) is 0 Å². The van der Waals surface area contributed by atoms with Crippen molar-refractivity contribution in [2.75, 3.05) is 39.9 Å². The maximum Gasteiger partial charge on any atom is 0.0534 e. The van der Waals surface area contributed by atoms with Crippen LogP contribution in [0.25, 0.3) is 0 Å². The van der Waals surface area contributed by atoms with Gasteiger partial charge in [0.05, 0.1) is 6.61 Å². The minimum absolute atomic E-state index is 0.476. The topological polar surface area (TPSA) is 38.5 Å². The summed E-state index contributed by atoms with van der Waals surface area (Å²) in [7, 11) is 1.83. The fourth-order valence-electron chi connectivity index (χ4n) is 3.40. The van der Waals surface area contributed by atoms with Gasteiger partial charge < -0.3 is 15.4 Å². The fourth-order valence-corrected chi connectivity index (χ4v) is 3.40. The van der Waals surface area contributed by atoms with Crippen LogP contribution in [0.1, 0.15) is 19.3 Å². The molecule has 0 aromatic rings. The van der Waals surface area contributed by atoms with E-state index in [1.165, 1.54) is 32.4 Å². The lowest BCUT2D eigenvalue weighted by molar-refractivity contribution is 0.0706. The Labute approximate surface area is 86.6 Å². The van der Waals surface area contributed by atoms with Crippen molar-refractivity contribution in [1.82, 2.24) is 4.90 Å². The van der Waals surface area contributed by atoms with Crippen LogP contribution in [0.3, 0.4) is 0 Å². The molecule has 0 spiro atoms. The molecule has 3 nitrogen and oxygen atoms in total. The highest BCUT2D eigenvalue weighted by molar-refractivity contribution is 5.00. The van der Waals surface area contributed by atoms with Gasteiger partial charge in [0.25, 0.3) is 0 Å². The van der Waals surface area contributed by atoms with E-state index in [0.29, 0.717) is 5.41 Å². The Morgan fingerprint density at radius 3 is 3.14 bits per heavy atom. The number of likely N-dealkylation sites (tertiary alicyclic amines) is 1. The van der Waals surface area contributed by atoms with Crippen LogP contribution in [0.2, 0.25) is 0 Å². The number of hydrogen-bond acceptors (Lipinski definition) is 3. The first-order valence-electron chi connectivity index (χ1n) is 5.72. The van der Waals surface area contributed by atoms with E-state index in [1.54, 1.807) is 0 Å². The van der Waals surface area contributed by atoms with Gasteiger partial charge in [0.1, 0.15) is 0 Å². The highest BCUT2D eigenvalue weighted by Gasteiger charge is 2.48. The van der Waals surface area contributed by atoms with E-state index < -0.39 is 0 Å². The molecule has 1 aliphatic carbocycles. The van der Waals surface area contributed by atoms with Crippen LogP contribution in [-0.4, -0.2) is 44.8 Å². The minimum atomic E-state index is 0.476. The lowest BCUT2D eigenvalue weighted by Gasteiger charge is -2.27. The largest absolute Gasteiger partial charge is 0.384 e. The standard InChI is InChI=1S/C11H22N2O/c1-14-9-11-4-2-3-10(11)7-13(8-11)6-5-12/h10H,2-9,12H2,1H3/t10-,11+/m0/s1. The molecule has 2 atom stereocenters. The van der Waals surface area contributed by atoms with E-state index in [9.17, 15) is 0 Å². The third-order valence-corrected chi connectivity index (χ3v) is 3.99. The second-order valence-electron chi connectivity index (χ2n) is 4.91. The average molecular weight is 198 g/mol. The van der Waals surface area contributed by atoms with E-state index in [-0.39, 0.29) is 0 Å². The van der Waals surface area contributed by atoms with Crippen molar-refractivity contribution >= 4 is 0 Å². The van der Waals surface area contributed by atoms with Gasteiger partial charge in [0.15, 0.2) is 0 Å². The molecule has 1 saturated carbocycles. The maximum absolute atomic E-state index is 5.60. The zero-order valence-corrected chi connectivity index (χ0v) is 9.17. The van der Waals surface area contributed by atoms with Gasteiger partial charge in [-0.2, -0.15) is 0 Å². The average Bonchev–Trinajstić information content (AvgIpc) is 2.61. The Morgan fingerprint density at radius 1 is 1.57 bits per heavy atom. The van der Waals surface area contributed by atoms with Crippen molar-refractivity contribution in [3.05, 3.63) is 0 Å². The van der Waals surface area contributed by atoms with Crippen LogP contribution in [0.15, 0.2) is 0 Å². The molecule has 1 saturated heterocycles. The summed E-state index contributed by atoms with van der Waals surface area (Å²) < 4.78 is 5.40. The number of methoxy groups -OCH3 is 1. The van der Waals surface area contributed by atoms with Gasteiger partial charge in [-0.15, -0.1) is 0 Å². The molecule has 0 radical (unpaired) electrons. The fraction of sp³-hybridized carbons (Fsp3) is 1.00. The van der Waals surface area contributed by atoms with Crippen molar-refractivity contribution < 1.29 is 4.74 Å². The summed E-state index contributed by atoms with van der Waals surface area (Å²) >= 11 is 0. The molecular formula is C11H22N2O. The molecule has 14 heavy (non-hydrogen) atoms. The lowest BCUT2D eigenvalue weighted by Crippen LogP contribution is -2.33. The Balaban J connectivity index is 1.99. The second kappa shape index (κ2) is 4.17. The van der Waals surface area contributed by atoms with Gasteiger partial charge in [-0.3, -0.25) is 0 Å². The van der Waals surface area contributed by atoms with E-state index in [0.717, 1.165) is 25.6 Å². The molecular weight excluding hydrogens is 176 g/mol. The van der Waals surface area contributed by atoms with Crippen LogP contribution in [0.4, 0.5) is 0 Å². The number of ether oxygens (including phenoxy) is 1. The van der Waals surface area contributed by atoms with E-state index in [1.807, 2.05) is 7.11 Å². The number of nitrogens with zero attached hydrogens (tertiary/aromatic N) is 1. The normalized spacial score (nSPS) is 37.7. The van der Waals surface area contributed by atoms with Crippen molar-refractivity contribution in [3.63, 3.8) is 0 Å². The van der Waals surface area contributed by atoms with E-state index in [2.05, 4.69) is 4.90 Å². The number of nitrogens with two attached hydrogens (primary N) is 1. The van der Waals surface area contributed by atoms with Crippen molar-refractivity contribution in [1.29, 1.82) is 0 Å². The predicted molar refractivity (Wildman–Crippen MR) is 57.1 cm³/mol. The molecule has 0 unspecified atom stereocenters. The summed E-state index contributed by atoms with van der Waals surface area (Å²) in [5, 5.41) is 0. The Hall–Kier alpha value is -0.120. The zero-order chi connectivity index (χ0) is 10.0. The molecule has 2 fully saturated rings.